The normalized spacial score (nSPS) is 15.1. The van der Waals surface area contributed by atoms with Gasteiger partial charge in [-0.25, -0.2) is 0 Å². The third-order valence-electron chi connectivity index (χ3n) is 4.80. The highest BCUT2D eigenvalue weighted by Crippen LogP contribution is 2.31. The van der Waals surface area contributed by atoms with Gasteiger partial charge >= 0.3 is 0 Å². The number of amides is 2. The number of nitrogens with zero attached hydrogens (tertiary/aromatic N) is 1. The molecule has 0 saturated carbocycles. The maximum absolute atomic E-state index is 12.9. The van der Waals surface area contributed by atoms with Crippen LogP contribution in [0.25, 0.3) is 0 Å². The molecule has 8 nitrogen and oxygen atoms in total. The third kappa shape index (κ3) is 4.55. The second-order valence-corrected chi connectivity index (χ2v) is 7.94. The van der Waals surface area contributed by atoms with Gasteiger partial charge in [0.1, 0.15) is 5.82 Å². The molecule has 1 aliphatic heterocycles. The number of hydrogen-bond donors (Lipinski definition) is 4. The van der Waals surface area contributed by atoms with Crippen molar-refractivity contribution in [3.8, 4) is 0 Å². The summed E-state index contributed by atoms with van der Waals surface area (Å²) in [6.07, 6.45) is -0.161. The molecule has 3 aromatic rings. The van der Waals surface area contributed by atoms with E-state index in [1.54, 1.807) is 30.3 Å². The average molecular weight is 458 g/mol. The van der Waals surface area contributed by atoms with Gasteiger partial charge in [0.05, 0.1) is 11.5 Å². The third-order valence-corrected chi connectivity index (χ3v) is 5.23. The summed E-state index contributed by atoms with van der Waals surface area (Å²) in [5.74, 6) is -1.75. The number of H-pyrrole nitrogens is 1. The Balaban J connectivity index is 1.66. The van der Waals surface area contributed by atoms with E-state index in [0.29, 0.717) is 21.4 Å². The summed E-state index contributed by atoms with van der Waals surface area (Å²) in [4.78, 5) is 44.9. The lowest BCUT2D eigenvalue weighted by Gasteiger charge is -2.24. The van der Waals surface area contributed by atoms with Crippen LogP contribution in [0.3, 0.4) is 0 Å². The zero-order valence-electron chi connectivity index (χ0n) is 16.3. The number of nitrogens with one attached hydrogen (secondary N) is 4. The highest BCUT2D eigenvalue weighted by Gasteiger charge is 2.35. The van der Waals surface area contributed by atoms with Crippen LogP contribution in [0.1, 0.15) is 23.5 Å². The van der Waals surface area contributed by atoms with Crippen LogP contribution in [-0.2, 0) is 9.59 Å². The molecule has 2 heterocycles. The highest BCUT2D eigenvalue weighted by molar-refractivity contribution is 6.35. The van der Waals surface area contributed by atoms with E-state index in [2.05, 4.69) is 25.9 Å². The first kappa shape index (κ1) is 20.9. The molecule has 1 aromatic heterocycles. The van der Waals surface area contributed by atoms with E-state index in [1.165, 1.54) is 0 Å². The number of aryl methyl sites for hydroxylation is 1. The minimum atomic E-state index is -0.978. The summed E-state index contributed by atoms with van der Waals surface area (Å²) >= 11 is 12.0. The molecule has 0 saturated heterocycles. The van der Waals surface area contributed by atoms with Crippen molar-refractivity contribution >= 4 is 58.2 Å². The molecule has 158 valence electrons. The Hall–Kier alpha value is -3.36. The van der Waals surface area contributed by atoms with Crippen molar-refractivity contribution in [1.29, 1.82) is 0 Å². The van der Waals surface area contributed by atoms with Crippen LogP contribution in [0.2, 0.25) is 10.0 Å². The first-order chi connectivity index (χ1) is 14.8. The Labute approximate surface area is 187 Å². The molecule has 0 radical (unpaired) electrons. The molecule has 1 unspecified atom stereocenters. The van der Waals surface area contributed by atoms with Gasteiger partial charge in [-0.1, -0.05) is 41.4 Å². The number of halogens is 2. The van der Waals surface area contributed by atoms with Crippen LogP contribution in [0.4, 0.5) is 23.1 Å². The molecule has 2 amide bonds. The Kier molecular flexibility index (Phi) is 5.67. The molecule has 1 atom stereocenters. The predicted molar refractivity (Wildman–Crippen MR) is 120 cm³/mol. The van der Waals surface area contributed by atoms with E-state index in [4.69, 9.17) is 23.2 Å². The van der Waals surface area contributed by atoms with E-state index in [-0.39, 0.29) is 23.8 Å². The van der Waals surface area contributed by atoms with Crippen molar-refractivity contribution in [2.45, 2.75) is 19.3 Å². The van der Waals surface area contributed by atoms with Gasteiger partial charge in [0.25, 0.3) is 5.56 Å². The quantitative estimate of drug-likeness (QED) is 0.468. The molecule has 31 heavy (non-hydrogen) atoms. The fraction of sp³-hybridized carbons (Fsp3) is 0.143. The van der Waals surface area contributed by atoms with Gasteiger partial charge in [-0.05, 0) is 36.8 Å². The molecule has 4 N–H and O–H groups in total. The number of rotatable bonds is 4. The molecular weight excluding hydrogens is 441 g/mol. The van der Waals surface area contributed by atoms with E-state index < -0.39 is 23.3 Å². The van der Waals surface area contributed by atoms with Crippen LogP contribution in [0, 0.1) is 6.92 Å². The summed E-state index contributed by atoms with van der Waals surface area (Å²) in [6, 6.07) is 12.0. The second kappa shape index (κ2) is 8.41. The largest absolute Gasteiger partial charge is 0.326 e. The van der Waals surface area contributed by atoms with E-state index in [1.807, 2.05) is 19.1 Å². The second-order valence-electron chi connectivity index (χ2n) is 7.07. The van der Waals surface area contributed by atoms with Crippen molar-refractivity contribution in [1.82, 2.24) is 9.97 Å². The van der Waals surface area contributed by atoms with Gasteiger partial charge < -0.3 is 16.0 Å². The lowest BCUT2D eigenvalue weighted by molar-refractivity contribution is -0.123. The summed E-state index contributed by atoms with van der Waals surface area (Å²) in [7, 11) is 0. The van der Waals surface area contributed by atoms with Crippen molar-refractivity contribution in [2.24, 2.45) is 0 Å². The topological polar surface area (TPSA) is 116 Å². The van der Waals surface area contributed by atoms with Crippen LogP contribution < -0.4 is 21.5 Å². The Morgan fingerprint density at radius 1 is 1.13 bits per heavy atom. The first-order valence-corrected chi connectivity index (χ1v) is 10.1. The number of anilines is 4. The maximum Gasteiger partial charge on any atom is 0.258 e. The monoisotopic (exact) mass is 457 g/mol. The molecule has 0 fully saturated rings. The van der Waals surface area contributed by atoms with Crippen molar-refractivity contribution in [3.05, 3.63) is 74.0 Å². The highest BCUT2D eigenvalue weighted by atomic mass is 35.5. The Morgan fingerprint density at radius 3 is 2.55 bits per heavy atom. The molecule has 2 aromatic carbocycles. The number of fused-ring (bicyclic) bond motifs is 1. The van der Waals surface area contributed by atoms with E-state index in [9.17, 15) is 14.4 Å². The number of carbonyl (C=O) groups excluding carboxylic acids is 2. The molecule has 0 aliphatic carbocycles. The zero-order valence-corrected chi connectivity index (χ0v) is 17.8. The van der Waals surface area contributed by atoms with Gasteiger partial charge in [-0.3, -0.25) is 19.4 Å². The van der Waals surface area contributed by atoms with Crippen LogP contribution in [-0.4, -0.2) is 21.8 Å². The Morgan fingerprint density at radius 2 is 1.84 bits per heavy atom. The summed E-state index contributed by atoms with van der Waals surface area (Å²) in [5, 5.41) is 9.05. The van der Waals surface area contributed by atoms with Crippen LogP contribution in [0.5, 0.6) is 0 Å². The molecular formula is C21H17Cl2N5O3. The molecule has 0 spiro atoms. The molecule has 4 rings (SSSR count). The summed E-state index contributed by atoms with van der Waals surface area (Å²) in [6.45, 7) is 1.85. The number of aromatic nitrogens is 2. The number of aromatic amines is 1. The molecule has 10 heteroatoms. The zero-order chi connectivity index (χ0) is 22.1. The van der Waals surface area contributed by atoms with Crippen molar-refractivity contribution in [3.63, 3.8) is 0 Å². The molecule has 1 aliphatic rings. The van der Waals surface area contributed by atoms with Crippen LogP contribution >= 0.6 is 23.2 Å². The number of carbonyl (C=O) groups is 2. The Bertz CT molecular complexity index is 1240. The molecule has 0 bridgehead atoms. The minimum absolute atomic E-state index is 0.0283. The average Bonchev–Trinajstić information content (AvgIpc) is 2.68. The number of hydrogen-bond acceptors (Lipinski definition) is 5. The fourth-order valence-electron chi connectivity index (χ4n) is 3.35. The SMILES string of the molecule is Cc1ccccc1NC(=O)C1CC(=O)Nc2nc(Nc3cc(Cl)cc(Cl)c3)[nH]c(=O)c21. The summed E-state index contributed by atoms with van der Waals surface area (Å²) < 4.78 is 0. The lowest BCUT2D eigenvalue weighted by atomic mass is 9.92. The van der Waals surface area contributed by atoms with Gasteiger partial charge in [-0.15, -0.1) is 0 Å². The van der Waals surface area contributed by atoms with E-state index >= 15 is 0 Å². The number of benzene rings is 2. The standard InChI is InChI=1S/C21H17Cl2N5O3/c1-10-4-2-3-5-15(10)25-19(30)14-9-16(29)26-18-17(14)20(31)28-21(27-18)24-13-7-11(22)6-12(23)8-13/h2-8,14H,9H2,1H3,(H,25,30)(H3,24,26,27,28,29,31). The first-order valence-electron chi connectivity index (χ1n) is 9.34. The minimum Gasteiger partial charge on any atom is -0.326 e. The van der Waals surface area contributed by atoms with Gasteiger partial charge in [0.2, 0.25) is 17.8 Å². The van der Waals surface area contributed by atoms with Gasteiger partial charge in [-0.2, -0.15) is 4.98 Å². The fourth-order valence-corrected chi connectivity index (χ4v) is 3.88. The predicted octanol–water partition coefficient (Wildman–Crippen LogP) is 4.19. The lowest BCUT2D eigenvalue weighted by Crippen LogP contribution is -2.36. The number of para-hydroxylation sites is 1. The van der Waals surface area contributed by atoms with Crippen LogP contribution in [0.15, 0.2) is 47.3 Å². The van der Waals surface area contributed by atoms with Gasteiger partial charge in [0, 0.05) is 27.8 Å². The van der Waals surface area contributed by atoms with Crippen molar-refractivity contribution in [2.75, 3.05) is 16.0 Å². The maximum atomic E-state index is 12.9. The van der Waals surface area contributed by atoms with Crippen molar-refractivity contribution < 1.29 is 9.59 Å². The summed E-state index contributed by atoms with van der Waals surface area (Å²) in [5.41, 5.74) is 1.53. The smallest absolute Gasteiger partial charge is 0.258 e. The van der Waals surface area contributed by atoms with E-state index in [0.717, 1.165) is 5.56 Å². The van der Waals surface area contributed by atoms with Gasteiger partial charge in [0.15, 0.2) is 0 Å².